The number of phenolic OH excluding ortho intramolecular Hbond substituents is 2. The van der Waals surface area contributed by atoms with Crippen molar-refractivity contribution in [1.82, 2.24) is 10.2 Å². The van der Waals surface area contributed by atoms with E-state index in [0.29, 0.717) is 27.4 Å². The third kappa shape index (κ3) is 3.14. The molecule has 2 saturated heterocycles. The van der Waals surface area contributed by atoms with Crippen molar-refractivity contribution >= 4 is 35.0 Å². The highest BCUT2D eigenvalue weighted by Gasteiger charge is 2.70. The summed E-state index contributed by atoms with van der Waals surface area (Å²) in [5.74, 6) is -3.49. The Bertz CT molecular complexity index is 1440. The van der Waals surface area contributed by atoms with Crippen molar-refractivity contribution in [2.75, 3.05) is 5.32 Å². The minimum absolute atomic E-state index is 0.0103. The molecule has 4 atom stereocenters. The van der Waals surface area contributed by atoms with E-state index in [2.05, 4.69) is 10.6 Å². The molecule has 3 aliphatic heterocycles. The summed E-state index contributed by atoms with van der Waals surface area (Å²) >= 11 is 6.32. The van der Waals surface area contributed by atoms with Crippen LogP contribution in [0.25, 0.3) is 0 Å². The number of hydrogen-bond acceptors (Lipinski definition) is 6. The molecule has 182 valence electrons. The molecule has 0 aliphatic carbocycles. The van der Waals surface area contributed by atoms with Gasteiger partial charge in [-0.3, -0.25) is 24.6 Å². The second kappa shape index (κ2) is 8.08. The molecule has 0 saturated carbocycles. The number of benzene rings is 3. The predicted molar refractivity (Wildman–Crippen MR) is 131 cm³/mol. The summed E-state index contributed by atoms with van der Waals surface area (Å²) in [7, 11) is 0. The number of phenols is 2. The molecule has 0 unspecified atom stereocenters. The van der Waals surface area contributed by atoms with Gasteiger partial charge in [0.05, 0.1) is 18.4 Å². The third-order valence-corrected chi connectivity index (χ3v) is 7.86. The fraction of sp³-hybridized carbons (Fsp3) is 0.222. The Morgan fingerprint density at radius 3 is 2.44 bits per heavy atom. The molecule has 0 bridgehead atoms. The summed E-state index contributed by atoms with van der Waals surface area (Å²) in [4.78, 5) is 42.4. The van der Waals surface area contributed by atoms with Gasteiger partial charge in [0, 0.05) is 22.3 Å². The Kier molecular flexibility index (Phi) is 5.07. The SMILES string of the molecule is O=C1[C@@H]2[C@H](Cc3ccc(O)c(O)c3)N[C@]3(C(=O)Nc4ccccc43)[C@@H]2C(=O)N1Cc1ccccc1Cl. The number of likely N-dealkylation sites (tertiary alicyclic amines) is 1. The summed E-state index contributed by atoms with van der Waals surface area (Å²) in [5, 5.41) is 26.4. The van der Waals surface area contributed by atoms with Crippen LogP contribution in [0.15, 0.2) is 66.7 Å². The molecule has 2 fully saturated rings. The fourth-order valence-electron chi connectivity index (χ4n) is 5.90. The predicted octanol–water partition coefficient (Wildman–Crippen LogP) is 2.91. The second-order valence-corrected chi connectivity index (χ2v) is 9.85. The van der Waals surface area contributed by atoms with E-state index < -0.39 is 29.3 Å². The van der Waals surface area contributed by atoms with Crippen LogP contribution in [-0.2, 0) is 32.9 Å². The Balaban J connectivity index is 1.44. The van der Waals surface area contributed by atoms with Crippen molar-refractivity contribution in [2.24, 2.45) is 11.8 Å². The number of hydrogen-bond donors (Lipinski definition) is 4. The van der Waals surface area contributed by atoms with Crippen LogP contribution in [0.5, 0.6) is 11.5 Å². The molecular weight excluding hydrogens is 482 g/mol. The quantitative estimate of drug-likeness (QED) is 0.321. The highest BCUT2D eigenvalue weighted by molar-refractivity contribution is 6.31. The lowest BCUT2D eigenvalue weighted by Gasteiger charge is -2.29. The molecule has 3 aliphatic rings. The van der Waals surface area contributed by atoms with Gasteiger partial charge in [0.15, 0.2) is 11.5 Å². The molecule has 0 aromatic heterocycles. The summed E-state index contributed by atoms with van der Waals surface area (Å²) < 4.78 is 0. The van der Waals surface area contributed by atoms with Gasteiger partial charge in [-0.2, -0.15) is 0 Å². The van der Waals surface area contributed by atoms with Crippen molar-refractivity contribution < 1.29 is 24.6 Å². The number of carbonyl (C=O) groups excluding carboxylic acids is 3. The maximum atomic E-state index is 13.9. The lowest BCUT2D eigenvalue weighted by atomic mass is 9.76. The van der Waals surface area contributed by atoms with E-state index in [0.717, 1.165) is 0 Å². The normalized spacial score (nSPS) is 26.4. The zero-order valence-corrected chi connectivity index (χ0v) is 19.7. The fourth-order valence-corrected chi connectivity index (χ4v) is 6.09. The van der Waals surface area contributed by atoms with Gasteiger partial charge in [-0.1, -0.05) is 54.1 Å². The average molecular weight is 504 g/mol. The molecule has 3 heterocycles. The molecule has 8 nitrogen and oxygen atoms in total. The number of rotatable bonds is 4. The van der Waals surface area contributed by atoms with Crippen molar-refractivity contribution in [3.8, 4) is 11.5 Å². The van der Waals surface area contributed by atoms with Crippen molar-refractivity contribution in [3.05, 3.63) is 88.4 Å². The Morgan fingerprint density at radius 2 is 1.67 bits per heavy atom. The molecule has 3 amide bonds. The van der Waals surface area contributed by atoms with E-state index >= 15 is 0 Å². The lowest BCUT2D eigenvalue weighted by molar-refractivity contribution is -0.143. The number of nitrogens with one attached hydrogen (secondary N) is 2. The van der Waals surface area contributed by atoms with E-state index in [1.807, 2.05) is 0 Å². The minimum atomic E-state index is -1.41. The highest BCUT2D eigenvalue weighted by atomic mass is 35.5. The Hall–Kier alpha value is -3.88. The van der Waals surface area contributed by atoms with E-state index in [1.54, 1.807) is 54.6 Å². The van der Waals surface area contributed by atoms with Crippen LogP contribution in [-0.4, -0.2) is 38.9 Å². The molecule has 6 rings (SSSR count). The number of imide groups is 1. The molecule has 9 heteroatoms. The first-order chi connectivity index (χ1) is 17.3. The molecule has 0 radical (unpaired) electrons. The number of amides is 3. The van der Waals surface area contributed by atoms with Crippen LogP contribution < -0.4 is 10.6 Å². The smallest absolute Gasteiger partial charge is 0.250 e. The number of carbonyl (C=O) groups is 3. The van der Waals surface area contributed by atoms with E-state index in [-0.39, 0.29) is 36.3 Å². The summed E-state index contributed by atoms with van der Waals surface area (Å²) in [6, 6.07) is 18.0. The van der Waals surface area contributed by atoms with E-state index in [4.69, 9.17) is 11.6 Å². The van der Waals surface area contributed by atoms with Gasteiger partial charge in [-0.25, -0.2) is 0 Å². The standard InChI is InChI=1S/C27H22ClN3O5/c28-17-7-3-1-5-15(17)13-31-24(34)22-19(11-14-9-10-20(32)21(33)12-14)30-27(23(22)25(31)35)16-6-2-4-8-18(16)29-26(27)36/h1-10,12,19,22-23,30,32-33H,11,13H2,(H,29,36)/t19-,22+,23-,27-/m0/s1. The van der Waals surface area contributed by atoms with Gasteiger partial charge in [-0.15, -0.1) is 0 Å². The lowest BCUT2D eigenvalue weighted by Crippen LogP contribution is -2.53. The molecule has 3 aromatic carbocycles. The van der Waals surface area contributed by atoms with Crippen LogP contribution in [0.1, 0.15) is 16.7 Å². The third-order valence-electron chi connectivity index (χ3n) is 7.50. The first kappa shape index (κ1) is 22.6. The number of nitrogens with zero attached hydrogens (tertiary/aromatic N) is 1. The number of halogens is 1. The van der Waals surface area contributed by atoms with Crippen molar-refractivity contribution in [3.63, 3.8) is 0 Å². The summed E-state index contributed by atoms with van der Waals surface area (Å²) in [6.07, 6.45) is 0.255. The van der Waals surface area contributed by atoms with Gasteiger partial charge in [0.25, 0.3) is 0 Å². The van der Waals surface area contributed by atoms with Gasteiger partial charge in [-0.05, 0) is 41.8 Å². The zero-order chi connectivity index (χ0) is 25.2. The summed E-state index contributed by atoms with van der Waals surface area (Å²) in [5.41, 5.74) is 1.10. The van der Waals surface area contributed by atoms with Crippen LogP contribution >= 0.6 is 11.6 Å². The van der Waals surface area contributed by atoms with Crippen LogP contribution in [0.4, 0.5) is 5.69 Å². The topological polar surface area (TPSA) is 119 Å². The number of aromatic hydroxyl groups is 2. The number of para-hydroxylation sites is 1. The average Bonchev–Trinajstić information content (AvgIpc) is 3.43. The van der Waals surface area contributed by atoms with E-state index in [1.165, 1.54) is 17.0 Å². The molecule has 4 N–H and O–H groups in total. The Morgan fingerprint density at radius 1 is 0.917 bits per heavy atom. The maximum Gasteiger partial charge on any atom is 0.250 e. The van der Waals surface area contributed by atoms with Gasteiger partial charge < -0.3 is 15.5 Å². The van der Waals surface area contributed by atoms with Crippen molar-refractivity contribution in [1.29, 1.82) is 0 Å². The Labute approximate surface area is 211 Å². The largest absolute Gasteiger partial charge is 0.504 e. The van der Waals surface area contributed by atoms with Gasteiger partial charge in [0.2, 0.25) is 17.7 Å². The van der Waals surface area contributed by atoms with Gasteiger partial charge in [0.1, 0.15) is 5.54 Å². The zero-order valence-electron chi connectivity index (χ0n) is 18.9. The van der Waals surface area contributed by atoms with Crippen LogP contribution in [0.2, 0.25) is 5.02 Å². The molecule has 3 aromatic rings. The number of fused-ring (bicyclic) bond motifs is 4. The monoisotopic (exact) mass is 503 g/mol. The van der Waals surface area contributed by atoms with Crippen molar-refractivity contribution in [2.45, 2.75) is 24.5 Å². The summed E-state index contributed by atoms with van der Waals surface area (Å²) in [6.45, 7) is 0.0103. The first-order valence-electron chi connectivity index (χ1n) is 11.6. The number of anilines is 1. The highest BCUT2D eigenvalue weighted by Crippen LogP contribution is 2.53. The van der Waals surface area contributed by atoms with Gasteiger partial charge >= 0.3 is 0 Å². The second-order valence-electron chi connectivity index (χ2n) is 9.44. The molecule has 36 heavy (non-hydrogen) atoms. The van der Waals surface area contributed by atoms with E-state index in [9.17, 15) is 24.6 Å². The molecule has 1 spiro atoms. The van der Waals surface area contributed by atoms with Crippen LogP contribution in [0, 0.1) is 11.8 Å². The van der Waals surface area contributed by atoms with Crippen LogP contribution in [0.3, 0.4) is 0 Å². The minimum Gasteiger partial charge on any atom is -0.504 e. The first-order valence-corrected chi connectivity index (χ1v) is 12.0. The molecular formula is C27H22ClN3O5. The maximum absolute atomic E-state index is 13.9.